The summed E-state index contributed by atoms with van der Waals surface area (Å²) in [6, 6.07) is 9.74. The largest absolute Gasteiger partial charge is 0.383 e. The van der Waals surface area contributed by atoms with Gasteiger partial charge in [0.05, 0.1) is 11.9 Å². The number of hydrogen-bond acceptors (Lipinski definition) is 2. The second-order valence-corrected chi connectivity index (χ2v) is 3.85. The van der Waals surface area contributed by atoms with Gasteiger partial charge < -0.3 is 5.73 Å². The van der Waals surface area contributed by atoms with Crippen molar-refractivity contribution in [2.24, 2.45) is 17.8 Å². The average Bonchev–Trinajstić information content (AvgIpc) is 2.70. The minimum absolute atomic E-state index is 0.522. The Labute approximate surface area is 101 Å². The summed E-state index contributed by atoms with van der Waals surface area (Å²) in [6.45, 7) is 2.06. The van der Waals surface area contributed by atoms with Crippen LogP contribution in [0.25, 0.3) is 0 Å². The Morgan fingerprint density at radius 1 is 1.35 bits per heavy atom. The maximum atomic E-state index is 5.97. The Bertz CT molecular complexity index is 526. The number of nitrogens with two attached hydrogens (primary N) is 1. The van der Waals surface area contributed by atoms with Crippen LogP contribution in [0.1, 0.15) is 18.2 Å². The predicted octanol–water partition coefficient (Wildman–Crippen LogP) is 2.02. The standard InChI is InChI=1S/C13H16N4/c1-3-11-12(9-17(2)16-11)15-13(14)10-7-5-4-6-8-10/h4-9H,3H2,1-2H3,(H2,14,15). The van der Waals surface area contributed by atoms with E-state index in [9.17, 15) is 0 Å². The Hall–Kier alpha value is -2.10. The van der Waals surface area contributed by atoms with Gasteiger partial charge in [-0.05, 0) is 6.42 Å². The third-order valence-corrected chi connectivity index (χ3v) is 2.53. The first-order valence-electron chi connectivity index (χ1n) is 5.62. The lowest BCUT2D eigenvalue weighted by Crippen LogP contribution is -2.12. The minimum atomic E-state index is 0.522. The van der Waals surface area contributed by atoms with Gasteiger partial charge in [-0.25, -0.2) is 4.99 Å². The molecule has 0 aliphatic heterocycles. The highest BCUT2D eigenvalue weighted by Crippen LogP contribution is 2.18. The van der Waals surface area contributed by atoms with E-state index in [4.69, 9.17) is 5.73 Å². The molecule has 0 atom stereocenters. The molecule has 0 fully saturated rings. The molecule has 2 aromatic rings. The highest BCUT2D eigenvalue weighted by molar-refractivity contribution is 5.99. The van der Waals surface area contributed by atoms with Gasteiger partial charge in [0.2, 0.25) is 0 Å². The molecule has 1 aromatic heterocycles. The van der Waals surface area contributed by atoms with Gasteiger partial charge in [0.1, 0.15) is 11.5 Å². The van der Waals surface area contributed by atoms with Gasteiger partial charge in [-0.3, -0.25) is 4.68 Å². The summed E-state index contributed by atoms with van der Waals surface area (Å²) in [7, 11) is 1.89. The van der Waals surface area contributed by atoms with Crippen LogP contribution >= 0.6 is 0 Å². The molecule has 17 heavy (non-hydrogen) atoms. The average molecular weight is 228 g/mol. The van der Waals surface area contributed by atoms with Crippen molar-refractivity contribution in [3.8, 4) is 0 Å². The molecule has 1 heterocycles. The normalized spacial score (nSPS) is 11.8. The molecular weight excluding hydrogens is 212 g/mol. The van der Waals surface area contributed by atoms with Gasteiger partial charge >= 0.3 is 0 Å². The molecular formula is C13H16N4. The van der Waals surface area contributed by atoms with Gasteiger partial charge in [0.25, 0.3) is 0 Å². The Morgan fingerprint density at radius 3 is 2.71 bits per heavy atom. The zero-order chi connectivity index (χ0) is 12.3. The fourth-order valence-electron chi connectivity index (χ4n) is 1.67. The van der Waals surface area contributed by atoms with Gasteiger partial charge in [0, 0.05) is 12.6 Å². The zero-order valence-electron chi connectivity index (χ0n) is 10.1. The smallest absolute Gasteiger partial charge is 0.131 e. The highest BCUT2D eigenvalue weighted by Gasteiger charge is 2.05. The Kier molecular flexibility index (Phi) is 3.23. The molecule has 0 bridgehead atoms. The zero-order valence-corrected chi connectivity index (χ0v) is 10.1. The molecule has 0 amide bonds. The molecule has 88 valence electrons. The monoisotopic (exact) mass is 228 g/mol. The van der Waals surface area contributed by atoms with Crippen molar-refractivity contribution in [2.75, 3.05) is 0 Å². The lowest BCUT2D eigenvalue weighted by atomic mass is 10.2. The topological polar surface area (TPSA) is 56.2 Å². The highest BCUT2D eigenvalue weighted by atomic mass is 15.3. The lowest BCUT2D eigenvalue weighted by molar-refractivity contribution is 0.746. The van der Waals surface area contributed by atoms with Gasteiger partial charge in [-0.2, -0.15) is 5.10 Å². The van der Waals surface area contributed by atoms with E-state index in [1.807, 2.05) is 43.6 Å². The van der Waals surface area contributed by atoms with E-state index in [-0.39, 0.29) is 0 Å². The molecule has 1 aromatic carbocycles. The van der Waals surface area contributed by atoms with Crippen molar-refractivity contribution in [1.29, 1.82) is 0 Å². The van der Waals surface area contributed by atoms with E-state index in [0.717, 1.165) is 23.4 Å². The van der Waals surface area contributed by atoms with E-state index in [0.29, 0.717) is 5.84 Å². The van der Waals surface area contributed by atoms with Crippen molar-refractivity contribution in [3.63, 3.8) is 0 Å². The molecule has 0 aliphatic carbocycles. The summed E-state index contributed by atoms with van der Waals surface area (Å²) in [5.74, 6) is 0.522. The molecule has 2 rings (SSSR count). The first kappa shape index (κ1) is 11.4. The molecule has 0 aliphatic rings. The molecule has 4 heteroatoms. The van der Waals surface area contributed by atoms with Gasteiger partial charge in [-0.1, -0.05) is 37.3 Å². The van der Waals surface area contributed by atoms with E-state index >= 15 is 0 Å². The van der Waals surface area contributed by atoms with E-state index in [2.05, 4.69) is 17.0 Å². The van der Waals surface area contributed by atoms with Crippen LogP contribution in [0.5, 0.6) is 0 Å². The second kappa shape index (κ2) is 4.82. The first-order valence-corrected chi connectivity index (χ1v) is 5.62. The molecule has 0 spiro atoms. The van der Waals surface area contributed by atoms with Crippen molar-refractivity contribution in [2.45, 2.75) is 13.3 Å². The molecule has 0 radical (unpaired) electrons. The van der Waals surface area contributed by atoms with Gasteiger partial charge in [0.15, 0.2) is 0 Å². The minimum Gasteiger partial charge on any atom is -0.383 e. The number of nitrogens with zero attached hydrogens (tertiary/aromatic N) is 3. The summed E-state index contributed by atoms with van der Waals surface area (Å²) in [4.78, 5) is 4.43. The van der Waals surface area contributed by atoms with Crippen molar-refractivity contribution < 1.29 is 0 Å². The van der Waals surface area contributed by atoms with Crippen LogP contribution in [0, 0.1) is 0 Å². The number of aryl methyl sites for hydroxylation is 2. The quantitative estimate of drug-likeness (QED) is 0.645. The summed E-state index contributed by atoms with van der Waals surface area (Å²) < 4.78 is 1.76. The van der Waals surface area contributed by atoms with Crippen molar-refractivity contribution >= 4 is 11.5 Å². The fourth-order valence-corrected chi connectivity index (χ4v) is 1.67. The molecule has 4 nitrogen and oxygen atoms in total. The molecule has 0 saturated heterocycles. The van der Waals surface area contributed by atoms with E-state index in [1.165, 1.54) is 0 Å². The number of aliphatic imine (C=N–C) groups is 1. The molecule has 2 N–H and O–H groups in total. The third-order valence-electron chi connectivity index (χ3n) is 2.53. The number of benzene rings is 1. The number of aromatic nitrogens is 2. The summed E-state index contributed by atoms with van der Waals surface area (Å²) >= 11 is 0. The summed E-state index contributed by atoms with van der Waals surface area (Å²) in [6.07, 6.45) is 2.73. The fraction of sp³-hybridized carbons (Fsp3) is 0.231. The number of amidine groups is 1. The predicted molar refractivity (Wildman–Crippen MR) is 69.4 cm³/mol. The van der Waals surface area contributed by atoms with Crippen molar-refractivity contribution in [3.05, 3.63) is 47.8 Å². The maximum Gasteiger partial charge on any atom is 0.131 e. The van der Waals surface area contributed by atoms with Crippen LogP contribution < -0.4 is 5.73 Å². The Morgan fingerprint density at radius 2 is 2.06 bits per heavy atom. The van der Waals surface area contributed by atoms with Crippen LogP contribution in [0.3, 0.4) is 0 Å². The Balaban J connectivity index is 2.36. The van der Waals surface area contributed by atoms with E-state index < -0.39 is 0 Å². The van der Waals surface area contributed by atoms with Crippen LogP contribution in [0.4, 0.5) is 5.69 Å². The van der Waals surface area contributed by atoms with Crippen molar-refractivity contribution in [1.82, 2.24) is 9.78 Å². The summed E-state index contributed by atoms with van der Waals surface area (Å²) in [5.41, 5.74) is 8.71. The van der Waals surface area contributed by atoms with Crippen LogP contribution in [0.15, 0.2) is 41.5 Å². The lowest BCUT2D eigenvalue weighted by Gasteiger charge is -1.99. The number of hydrogen-bond donors (Lipinski definition) is 1. The SMILES string of the molecule is CCc1nn(C)cc1N=C(N)c1ccccc1. The van der Waals surface area contributed by atoms with Gasteiger partial charge in [-0.15, -0.1) is 0 Å². The first-order chi connectivity index (χ1) is 8.20. The van der Waals surface area contributed by atoms with Crippen LogP contribution in [-0.2, 0) is 13.5 Å². The van der Waals surface area contributed by atoms with Crippen LogP contribution in [-0.4, -0.2) is 15.6 Å². The maximum absolute atomic E-state index is 5.97. The molecule has 0 unspecified atom stereocenters. The third kappa shape index (κ3) is 2.53. The second-order valence-electron chi connectivity index (χ2n) is 3.85. The molecule has 0 saturated carbocycles. The number of rotatable bonds is 3. The van der Waals surface area contributed by atoms with E-state index in [1.54, 1.807) is 4.68 Å². The summed E-state index contributed by atoms with van der Waals surface area (Å²) in [5, 5.41) is 4.33. The van der Waals surface area contributed by atoms with Crippen LogP contribution in [0.2, 0.25) is 0 Å².